The smallest absolute Gasteiger partial charge is 0.241 e. The third kappa shape index (κ3) is 2.20. The van der Waals surface area contributed by atoms with Crippen LogP contribution in [0.25, 0.3) is 6.08 Å². The maximum atomic E-state index is 10.4. The molecule has 0 bridgehead atoms. The molecule has 0 aliphatic carbocycles. The van der Waals surface area contributed by atoms with E-state index in [0.29, 0.717) is 0 Å². The van der Waals surface area contributed by atoms with E-state index in [0.717, 1.165) is 11.3 Å². The summed E-state index contributed by atoms with van der Waals surface area (Å²) in [6.07, 6.45) is 4.58. The van der Waals surface area contributed by atoms with E-state index >= 15 is 0 Å². The molecular formula is C9H10N2O. The Morgan fingerprint density at radius 2 is 2.42 bits per heavy atom. The molecule has 0 unspecified atom stereocenters. The van der Waals surface area contributed by atoms with Crippen LogP contribution in [0.2, 0.25) is 0 Å². The fourth-order valence-electron chi connectivity index (χ4n) is 0.833. The molecular weight excluding hydrogens is 152 g/mol. The van der Waals surface area contributed by atoms with Gasteiger partial charge in [0.05, 0.1) is 5.69 Å². The summed E-state index contributed by atoms with van der Waals surface area (Å²) in [4.78, 5) is 14.4. The van der Waals surface area contributed by atoms with Gasteiger partial charge in [-0.05, 0) is 24.6 Å². The van der Waals surface area contributed by atoms with Gasteiger partial charge in [-0.2, -0.15) is 0 Å². The Morgan fingerprint density at radius 1 is 1.67 bits per heavy atom. The number of aryl methyl sites for hydroxylation is 1. The average Bonchev–Trinajstić information content (AvgIpc) is 2.03. The molecule has 1 aromatic heterocycles. The SMILES string of the molecule is Cc1cccnc1/C=C/C(N)=O. The van der Waals surface area contributed by atoms with Crippen molar-refractivity contribution in [3.05, 3.63) is 35.7 Å². The summed E-state index contributed by atoms with van der Waals surface area (Å²) in [5, 5.41) is 0. The monoisotopic (exact) mass is 162 g/mol. The second-order valence-electron chi connectivity index (χ2n) is 2.44. The average molecular weight is 162 g/mol. The minimum Gasteiger partial charge on any atom is -0.366 e. The van der Waals surface area contributed by atoms with Crippen LogP contribution in [-0.4, -0.2) is 10.9 Å². The molecule has 0 saturated carbocycles. The van der Waals surface area contributed by atoms with Crippen molar-refractivity contribution in [2.75, 3.05) is 0 Å². The Bertz CT molecular complexity index is 318. The first-order valence-corrected chi connectivity index (χ1v) is 3.59. The second kappa shape index (κ2) is 3.67. The molecule has 1 amide bonds. The van der Waals surface area contributed by atoms with Crippen molar-refractivity contribution >= 4 is 12.0 Å². The summed E-state index contributed by atoms with van der Waals surface area (Å²) >= 11 is 0. The van der Waals surface area contributed by atoms with Crippen LogP contribution in [0, 0.1) is 6.92 Å². The molecule has 0 atom stereocenters. The van der Waals surface area contributed by atoms with E-state index in [1.165, 1.54) is 6.08 Å². The van der Waals surface area contributed by atoms with Crippen LogP contribution in [-0.2, 0) is 4.79 Å². The Morgan fingerprint density at radius 3 is 3.00 bits per heavy atom. The summed E-state index contributed by atoms with van der Waals surface area (Å²) in [6.45, 7) is 1.92. The van der Waals surface area contributed by atoms with Crippen LogP contribution in [0.5, 0.6) is 0 Å². The Labute approximate surface area is 70.9 Å². The molecule has 1 heterocycles. The summed E-state index contributed by atoms with van der Waals surface area (Å²) in [7, 11) is 0. The maximum absolute atomic E-state index is 10.4. The summed E-state index contributed by atoms with van der Waals surface area (Å²) in [6, 6.07) is 3.77. The van der Waals surface area contributed by atoms with E-state index in [1.54, 1.807) is 12.3 Å². The number of carbonyl (C=O) groups excluding carboxylic acids is 1. The van der Waals surface area contributed by atoms with E-state index in [4.69, 9.17) is 5.73 Å². The van der Waals surface area contributed by atoms with E-state index in [2.05, 4.69) is 4.98 Å². The zero-order valence-corrected chi connectivity index (χ0v) is 6.82. The Hall–Kier alpha value is -1.64. The number of rotatable bonds is 2. The van der Waals surface area contributed by atoms with Crippen molar-refractivity contribution in [2.45, 2.75) is 6.92 Å². The van der Waals surface area contributed by atoms with Gasteiger partial charge < -0.3 is 5.73 Å². The highest BCUT2D eigenvalue weighted by Crippen LogP contribution is 2.04. The number of pyridine rings is 1. The largest absolute Gasteiger partial charge is 0.366 e. The van der Waals surface area contributed by atoms with Crippen molar-refractivity contribution < 1.29 is 4.79 Å². The molecule has 3 heteroatoms. The molecule has 0 saturated heterocycles. The third-order valence-electron chi connectivity index (χ3n) is 1.46. The maximum Gasteiger partial charge on any atom is 0.241 e. The fourth-order valence-corrected chi connectivity index (χ4v) is 0.833. The van der Waals surface area contributed by atoms with Crippen LogP contribution >= 0.6 is 0 Å². The van der Waals surface area contributed by atoms with Gasteiger partial charge in [-0.1, -0.05) is 6.07 Å². The van der Waals surface area contributed by atoms with Gasteiger partial charge in [0, 0.05) is 12.3 Å². The summed E-state index contributed by atoms with van der Waals surface area (Å²) < 4.78 is 0. The fraction of sp³-hybridized carbons (Fsp3) is 0.111. The van der Waals surface area contributed by atoms with Crippen molar-refractivity contribution in [1.29, 1.82) is 0 Å². The van der Waals surface area contributed by atoms with Gasteiger partial charge in [0.25, 0.3) is 0 Å². The van der Waals surface area contributed by atoms with Crippen molar-refractivity contribution in [3.63, 3.8) is 0 Å². The molecule has 0 aliphatic rings. The van der Waals surface area contributed by atoms with Crippen LogP contribution in [0.3, 0.4) is 0 Å². The first-order chi connectivity index (χ1) is 5.70. The molecule has 0 spiro atoms. The molecule has 0 aromatic carbocycles. The van der Waals surface area contributed by atoms with Gasteiger partial charge in [0.15, 0.2) is 0 Å². The predicted octanol–water partition coefficient (Wildman–Crippen LogP) is 0.889. The number of primary amides is 1. The van der Waals surface area contributed by atoms with Crippen LogP contribution < -0.4 is 5.73 Å². The number of nitrogens with zero attached hydrogens (tertiary/aromatic N) is 1. The predicted molar refractivity (Wildman–Crippen MR) is 47.2 cm³/mol. The molecule has 2 N–H and O–H groups in total. The van der Waals surface area contributed by atoms with Gasteiger partial charge >= 0.3 is 0 Å². The van der Waals surface area contributed by atoms with Gasteiger partial charge in [0.1, 0.15) is 0 Å². The van der Waals surface area contributed by atoms with Gasteiger partial charge in [-0.15, -0.1) is 0 Å². The second-order valence-corrected chi connectivity index (χ2v) is 2.44. The molecule has 62 valence electrons. The van der Waals surface area contributed by atoms with Gasteiger partial charge in [-0.25, -0.2) is 0 Å². The zero-order chi connectivity index (χ0) is 8.97. The van der Waals surface area contributed by atoms with E-state index in [1.807, 2.05) is 19.1 Å². The van der Waals surface area contributed by atoms with Crippen molar-refractivity contribution in [2.24, 2.45) is 5.73 Å². The number of nitrogens with two attached hydrogens (primary N) is 1. The quantitative estimate of drug-likeness (QED) is 0.656. The third-order valence-corrected chi connectivity index (χ3v) is 1.46. The van der Waals surface area contributed by atoms with Crippen molar-refractivity contribution in [3.8, 4) is 0 Å². The first kappa shape index (κ1) is 8.46. The standard InChI is InChI=1S/C9H10N2O/c1-7-3-2-6-11-8(7)4-5-9(10)12/h2-6H,1H3,(H2,10,12)/b5-4+. The Kier molecular flexibility index (Phi) is 2.58. The highest BCUT2D eigenvalue weighted by Gasteiger charge is 1.92. The minimum absolute atomic E-state index is 0.458. The zero-order valence-electron chi connectivity index (χ0n) is 6.82. The normalized spacial score (nSPS) is 10.4. The molecule has 1 rings (SSSR count). The van der Waals surface area contributed by atoms with Gasteiger partial charge in [0.2, 0.25) is 5.91 Å². The number of carbonyl (C=O) groups is 1. The number of hydrogen-bond donors (Lipinski definition) is 1. The highest BCUT2D eigenvalue weighted by molar-refractivity contribution is 5.90. The van der Waals surface area contributed by atoms with E-state index in [9.17, 15) is 4.79 Å². The summed E-state index contributed by atoms with van der Waals surface area (Å²) in [5.41, 5.74) is 6.73. The van der Waals surface area contributed by atoms with E-state index < -0.39 is 5.91 Å². The number of hydrogen-bond acceptors (Lipinski definition) is 2. The Balaban J connectivity index is 2.89. The first-order valence-electron chi connectivity index (χ1n) is 3.59. The van der Waals surface area contributed by atoms with Crippen LogP contribution in [0.15, 0.2) is 24.4 Å². The van der Waals surface area contributed by atoms with Crippen LogP contribution in [0.4, 0.5) is 0 Å². The van der Waals surface area contributed by atoms with E-state index in [-0.39, 0.29) is 0 Å². The lowest BCUT2D eigenvalue weighted by atomic mass is 10.2. The number of amides is 1. The molecule has 12 heavy (non-hydrogen) atoms. The molecule has 1 aromatic rings. The molecule has 0 fully saturated rings. The minimum atomic E-state index is -0.458. The molecule has 0 aliphatic heterocycles. The molecule has 0 radical (unpaired) electrons. The number of aromatic nitrogens is 1. The van der Waals surface area contributed by atoms with Crippen molar-refractivity contribution in [1.82, 2.24) is 4.98 Å². The summed E-state index contributed by atoms with van der Waals surface area (Å²) in [5.74, 6) is -0.458. The lowest BCUT2D eigenvalue weighted by Gasteiger charge is -1.95. The lowest BCUT2D eigenvalue weighted by molar-refractivity contribution is -0.113. The molecule has 3 nitrogen and oxygen atoms in total. The topological polar surface area (TPSA) is 56.0 Å². The van der Waals surface area contributed by atoms with Gasteiger partial charge in [-0.3, -0.25) is 9.78 Å². The lowest BCUT2D eigenvalue weighted by Crippen LogP contribution is -2.05. The van der Waals surface area contributed by atoms with Crippen LogP contribution in [0.1, 0.15) is 11.3 Å². The highest BCUT2D eigenvalue weighted by atomic mass is 16.1.